The number of halogens is 4. The minimum Gasteiger partial charge on any atom is -0.340 e. The van der Waals surface area contributed by atoms with E-state index in [1.54, 1.807) is 19.9 Å². The lowest BCUT2D eigenvalue weighted by molar-refractivity contribution is -0.137. The lowest BCUT2D eigenvalue weighted by Crippen LogP contribution is -2.07. The van der Waals surface area contributed by atoms with Gasteiger partial charge in [0.2, 0.25) is 0 Å². The summed E-state index contributed by atoms with van der Waals surface area (Å²) < 4.78 is 40.2. The van der Waals surface area contributed by atoms with E-state index in [0.29, 0.717) is 23.1 Å². The number of alkyl halides is 3. The zero-order chi connectivity index (χ0) is 16.8. The van der Waals surface area contributed by atoms with E-state index in [9.17, 15) is 13.2 Å². The third kappa shape index (κ3) is 3.07. The lowest BCUT2D eigenvalue weighted by Gasteiger charge is -2.13. The molecule has 2 aromatic heterocycles. The van der Waals surface area contributed by atoms with Gasteiger partial charge in [-0.3, -0.25) is 0 Å². The van der Waals surface area contributed by atoms with Crippen LogP contribution in [0.2, 0.25) is 5.02 Å². The molecule has 3 rings (SSSR count). The second kappa shape index (κ2) is 5.38. The predicted molar refractivity (Wildman–Crippen MR) is 80.0 cm³/mol. The van der Waals surface area contributed by atoms with Gasteiger partial charge in [-0.1, -0.05) is 11.6 Å². The molecule has 0 aliphatic rings. The maximum atomic E-state index is 12.9. The molecule has 0 saturated heterocycles. The van der Waals surface area contributed by atoms with Crippen molar-refractivity contribution < 1.29 is 13.2 Å². The Bertz CT molecular complexity index is 888. The SMILES string of the molecule is Cc1cc(Nc2ccc(Cl)c(C(F)(F)F)c2)n2nc(C)nc2n1. The molecule has 2 heterocycles. The number of fused-ring (bicyclic) bond motifs is 1. The van der Waals surface area contributed by atoms with Gasteiger partial charge in [0, 0.05) is 17.4 Å². The van der Waals surface area contributed by atoms with Gasteiger partial charge in [-0.2, -0.15) is 22.7 Å². The number of nitrogens with one attached hydrogen (secondary N) is 1. The van der Waals surface area contributed by atoms with Crippen LogP contribution >= 0.6 is 11.6 Å². The molecule has 0 atom stereocenters. The molecule has 0 saturated carbocycles. The average molecular weight is 342 g/mol. The minimum atomic E-state index is -4.53. The molecule has 0 amide bonds. The first-order valence-corrected chi connectivity index (χ1v) is 6.96. The van der Waals surface area contributed by atoms with Crippen molar-refractivity contribution in [1.82, 2.24) is 19.6 Å². The molecule has 0 aliphatic heterocycles. The van der Waals surface area contributed by atoms with Crippen LogP contribution in [-0.2, 0) is 6.18 Å². The Morgan fingerprint density at radius 1 is 1.13 bits per heavy atom. The largest absolute Gasteiger partial charge is 0.417 e. The van der Waals surface area contributed by atoms with Crippen molar-refractivity contribution in [3.8, 4) is 0 Å². The first-order chi connectivity index (χ1) is 10.7. The van der Waals surface area contributed by atoms with Gasteiger partial charge in [0.05, 0.1) is 10.6 Å². The molecule has 0 unspecified atom stereocenters. The zero-order valence-electron chi connectivity index (χ0n) is 12.1. The summed E-state index contributed by atoms with van der Waals surface area (Å²) in [5.74, 6) is 1.34. The molecule has 0 fully saturated rings. The molecule has 1 N–H and O–H groups in total. The molecule has 0 radical (unpaired) electrons. The second-order valence-electron chi connectivity index (χ2n) is 4.97. The number of aryl methyl sites for hydroxylation is 2. The molecular weight excluding hydrogens is 331 g/mol. The summed E-state index contributed by atoms with van der Waals surface area (Å²) in [5.41, 5.74) is 0.000135. The molecule has 3 aromatic rings. The van der Waals surface area contributed by atoms with Crippen LogP contribution in [0.1, 0.15) is 17.1 Å². The van der Waals surface area contributed by atoms with Crippen molar-refractivity contribution in [2.24, 2.45) is 0 Å². The van der Waals surface area contributed by atoms with Gasteiger partial charge >= 0.3 is 6.18 Å². The van der Waals surface area contributed by atoms with Gasteiger partial charge in [-0.05, 0) is 32.0 Å². The summed E-state index contributed by atoms with van der Waals surface area (Å²) in [6.45, 7) is 3.47. The van der Waals surface area contributed by atoms with Gasteiger partial charge < -0.3 is 5.32 Å². The van der Waals surface area contributed by atoms with Gasteiger partial charge in [0.15, 0.2) is 0 Å². The molecule has 5 nitrogen and oxygen atoms in total. The quantitative estimate of drug-likeness (QED) is 0.760. The van der Waals surface area contributed by atoms with Gasteiger partial charge in [-0.25, -0.2) is 4.98 Å². The minimum absolute atomic E-state index is 0.238. The summed E-state index contributed by atoms with van der Waals surface area (Å²) in [7, 11) is 0. The van der Waals surface area contributed by atoms with Crippen molar-refractivity contribution in [1.29, 1.82) is 0 Å². The normalized spacial score (nSPS) is 11.9. The number of anilines is 2. The van der Waals surface area contributed by atoms with Crippen LogP contribution in [0, 0.1) is 13.8 Å². The summed E-state index contributed by atoms with van der Waals surface area (Å²) in [6, 6.07) is 5.28. The van der Waals surface area contributed by atoms with Crippen molar-refractivity contribution in [3.63, 3.8) is 0 Å². The smallest absolute Gasteiger partial charge is 0.340 e. The number of nitrogens with zero attached hydrogens (tertiary/aromatic N) is 4. The molecule has 1 aromatic carbocycles. The van der Waals surface area contributed by atoms with Crippen molar-refractivity contribution in [2.75, 3.05) is 5.32 Å². The van der Waals surface area contributed by atoms with E-state index in [1.165, 1.54) is 16.6 Å². The Labute approximate surface area is 134 Å². The topological polar surface area (TPSA) is 55.1 Å². The standard InChI is InChI=1S/C14H11ClF3N5/c1-7-5-12(23-13(19-7)20-8(2)22-23)21-9-3-4-11(15)10(6-9)14(16,17)18/h3-6,21H,1-2H3. The Morgan fingerprint density at radius 2 is 1.87 bits per heavy atom. The molecule has 0 aliphatic carbocycles. The summed E-state index contributed by atoms with van der Waals surface area (Å²) in [4.78, 5) is 8.36. The van der Waals surface area contributed by atoms with Crippen molar-refractivity contribution in [3.05, 3.63) is 46.4 Å². The zero-order valence-corrected chi connectivity index (χ0v) is 12.9. The summed E-state index contributed by atoms with van der Waals surface area (Å²) >= 11 is 5.62. The Kier molecular flexibility index (Phi) is 3.63. The number of aromatic nitrogens is 4. The van der Waals surface area contributed by atoms with E-state index in [1.807, 2.05) is 0 Å². The third-order valence-electron chi connectivity index (χ3n) is 3.09. The first kappa shape index (κ1) is 15.5. The van der Waals surface area contributed by atoms with Crippen molar-refractivity contribution in [2.45, 2.75) is 20.0 Å². The van der Waals surface area contributed by atoms with E-state index < -0.39 is 11.7 Å². The maximum Gasteiger partial charge on any atom is 0.417 e. The van der Waals surface area contributed by atoms with Crippen LogP contribution in [0.3, 0.4) is 0 Å². The molecule has 23 heavy (non-hydrogen) atoms. The highest BCUT2D eigenvalue weighted by atomic mass is 35.5. The first-order valence-electron chi connectivity index (χ1n) is 6.59. The van der Waals surface area contributed by atoms with Crippen LogP contribution in [0.15, 0.2) is 24.3 Å². The van der Waals surface area contributed by atoms with Crippen LogP contribution < -0.4 is 5.32 Å². The highest BCUT2D eigenvalue weighted by Crippen LogP contribution is 2.36. The fourth-order valence-electron chi connectivity index (χ4n) is 2.14. The van der Waals surface area contributed by atoms with Crippen LogP contribution in [0.5, 0.6) is 0 Å². The highest BCUT2D eigenvalue weighted by Gasteiger charge is 2.33. The van der Waals surface area contributed by atoms with Gasteiger partial charge in [0.25, 0.3) is 5.78 Å². The predicted octanol–water partition coefficient (Wildman–Crippen LogP) is 4.16. The van der Waals surface area contributed by atoms with E-state index in [2.05, 4.69) is 20.4 Å². The molecule has 0 spiro atoms. The van der Waals surface area contributed by atoms with E-state index in [4.69, 9.17) is 11.6 Å². The molecular formula is C14H11ClF3N5. The van der Waals surface area contributed by atoms with Gasteiger partial charge in [0.1, 0.15) is 11.6 Å². The van der Waals surface area contributed by atoms with Crippen LogP contribution in [0.4, 0.5) is 24.7 Å². The maximum absolute atomic E-state index is 12.9. The molecule has 9 heteroatoms. The third-order valence-corrected chi connectivity index (χ3v) is 3.42. The monoisotopic (exact) mass is 341 g/mol. The number of benzene rings is 1. The second-order valence-corrected chi connectivity index (χ2v) is 5.38. The number of hydrogen-bond donors (Lipinski definition) is 1. The number of hydrogen-bond acceptors (Lipinski definition) is 4. The summed E-state index contributed by atoms with van der Waals surface area (Å²) in [6.07, 6.45) is -4.53. The Balaban J connectivity index is 2.06. The Hall–Kier alpha value is -2.35. The highest BCUT2D eigenvalue weighted by molar-refractivity contribution is 6.31. The average Bonchev–Trinajstić information content (AvgIpc) is 2.80. The molecule has 0 bridgehead atoms. The number of rotatable bonds is 2. The summed E-state index contributed by atoms with van der Waals surface area (Å²) in [5, 5.41) is 6.72. The Morgan fingerprint density at radius 3 is 2.57 bits per heavy atom. The van der Waals surface area contributed by atoms with Crippen molar-refractivity contribution >= 4 is 28.9 Å². The van der Waals surface area contributed by atoms with E-state index in [-0.39, 0.29) is 10.7 Å². The fourth-order valence-corrected chi connectivity index (χ4v) is 2.37. The lowest BCUT2D eigenvalue weighted by atomic mass is 10.2. The fraction of sp³-hybridized carbons (Fsp3) is 0.214. The van der Waals surface area contributed by atoms with Crippen LogP contribution in [-0.4, -0.2) is 19.6 Å². The van der Waals surface area contributed by atoms with E-state index >= 15 is 0 Å². The van der Waals surface area contributed by atoms with E-state index in [0.717, 1.165) is 6.07 Å². The molecule has 120 valence electrons. The van der Waals surface area contributed by atoms with Gasteiger partial charge in [-0.15, -0.1) is 5.10 Å². The van der Waals surface area contributed by atoms with Crippen LogP contribution in [0.25, 0.3) is 5.78 Å².